The highest BCUT2D eigenvalue weighted by Crippen LogP contribution is 2.42. The lowest BCUT2D eigenvalue weighted by Gasteiger charge is -2.54. The summed E-state index contributed by atoms with van der Waals surface area (Å²) in [6.07, 6.45) is 11.2. The summed E-state index contributed by atoms with van der Waals surface area (Å²) >= 11 is 0. The fourth-order valence-corrected chi connectivity index (χ4v) is 4.76. The van der Waals surface area contributed by atoms with Gasteiger partial charge in [-0.3, -0.25) is 4.90 Å². The van der Waals surface area contributed by atoms with Crippen molar-refractivity contribution in [2.45, 2.75) is 44.6 Å². The van der Waals surface area contributed by atoms with Gasteiger partial charge in [0.15, 0.2) is 0 Å². The first-order valence-corrected chi connectivity index (χ1v) is 7.61. The van der Waals surface area contributed by atoms with Gasteiger partial charge >= 0.3 is 0 Å². The number of allylic oxidation sites excluding steroid dienone is 1. The second-order valence-corrected chi connectivity index (χ2v) is 6.47. The smallest absolute Gasteiger partial charge is 0.0218 e. The van der Waals surface area contributed by atoms with Crippen LogP contribution < -0.4 is 0 Å². The van der Waals surface area contributed by atoms with E-state index in [1.54, 1.807) is 5.70 Å². The predicted octanol–water partition coefficient (Wildman–Crippen LogP) is 2.47. The van der Waals surface area contributed by atoms with E-state index < -0.39 is 0 Å². The molecule has 3 unspecified atom stereocenters. The van der Waals surface area contributed by atoms with Crippen LogP contribution in [0.15, 0.2) is 11.8 Å². The minimum absolute atomic E-state index is 0.878. The van der Waals surface area contributed by atoms with Crippen LogP contribution in [0, 0.1) is 11.8 Å². The van der Waals surface area contributed by atoms with Gasteiger partial charge in [0.2, 0.25) is 0 Å². The Hall–Kier alpha value is -0.500. The molecule has 0 aliphatic carbocycles. The molecule has 3 atom stereocenters. The van der Waals surface area contributed by atoms with Gasteiger partial charge in [-0.15, -0.1) is 0 Å². The van der Waals surface area contributed by atoms with Crippen LogP contribution in [0.4, 0.5) is 0 Å². The number of rotatable bonds is 0. The Morgan fingerprint density at radius 3 is 3.06 bits per heavy atom. The van der Waals surface area contributed by atoms with Crippen LogP contribution in [0.3, 0.4) is 0 Å². The van der Waals surface area contributed by atoms with E-state index in [-0.39, 0.29) is 0 Å². The van der Waals surface area contributed by atoms with E-state index in [9.17, 15) is 0 Å². The number of fused-ring (bicyclic) bond motifs is 6. The van der Waals surface area contributed by atoms with Gasteiger partial charge < -0.3 is 4.90 Å². The largest absolute Gasteiger partial charge is 0.374 e. The average Bonchev–Trinajstić information content (AvgIpc) is 2.39. The van der Waals surface area contributed by atoms with E-state index in [0.29, 0.717) is 0 Å². The molecule has 0 amide bonds. The molecule has 4 rings (SSSR count). The first kappa shape index (κ1) is 10.4. The average molecular weight is 232 g/mol. The topological polar surface area (TPSA) is 6.48 Å². The van der Waals surface area contributed by atoms with Crippen LogP contribution in [-0.4, -0.2) is 42.0 Å². The van der Waals surface area contributed by atoms with Crippen LogP contribution in [0.5, 0.6) is 0 Å². The van der Waals surface area contributed by atoms with E-state index in [4.69, 9.17) is 0 Å². The van der Waals surface area contributed by atoms with Gasteiger partial charge in [-0.1, -0.05) is 12.5 Å². The zero-order valence-electron chi connectivity index (χ0n) is 10.8. The summed E-state index contributed by atoms with van der Waals surface area (Å²) in [6.45, 7) is 5.45. The fraction of sp³-hybridized carbons (Fsp3) is 0.867. The van der Waals surface area contributed by atoms with E-state index in [0.717, 1.165) is 17.9 Å². The van der Waals surface area contributed by atoms with Crippen molar-refractivity contribution in [3.63, 3.8) is 0 Å². The van der Waals surface area contributed by atoms with Crippen molar-refractivity contribution in [3.8, 4) is 0 Å². The van der Waals surface area contributed by atoms with E-state index >= 15 is 0 Å². The van der Waals surface area contributed by atoms with Crippen molar-refractivity contribution in [3.05, 3.63) is 11.8 Å². The third-order valence-electron chi connectivity index (χ3n) is 5.47. The van der Waals surface area contributed by atoms with Crippen molar-refractivity contribution in [2.24, 2.45) is 11.8 Å². The van der Waals surface area contributed by atoms with Gasteiger partial charge in [-0.05, 0) is 44.6 Å². The Morgan fingerprint density at radius 2 is 2.06 bits per heavy atom. The first-order valence-electron chi connectivity index (χ1n) is 7.61. The van der Waals surface area contributed by atoms with E-state index in [1.165, 1.54) is 64.7 Å². The lowest BCUT2D eigenvalue weighted by atomic mass is 9.74. The van der Waals surface area contributed by atoms with Gasteiger partial charge in [0, 0.05) is 37.3 Å². The maximum Gasteiger partial charge on any atom is 0.0218 e. The Labute approximate surface area is 105 Å². The molecular weight excluding hydrogens is 208 g/mol. The summed E-state index contributed by atoms with van der Waals surface area (Å²) in [5, 5.41) is 0. The Balaban J connectivity index is 1.62. The number of piperidine rings is 3. The van der Waals surface area contributed by atoms with Crippen LogP contribution in [-0.2, 0) is 0 Å². The maximum absolute atomic E-state index is 2.83. The van der Waals surface area contributed by atoms with E-state index in [2.05, 4.69) is 15.9 Å². The maximum atomic E-state index is 2.83. The van der Waals surface area contributed by atoms with Gasteiger partial charge in [0.05, 0.1) is 0 Å². The molecule has 4 aliphatic rings. The van der Waals surface area contributed by atoms with Crippen molar-refractivity contribution in [2.75, 3.05) is 26.2 Å². The zero-order chi connectivity index (χ0) is 11.2. The summed E-state index contributed by atoms with van der Waals surface area (Å²) < 4.78 is 0. The Morgan fingerprint density at radius 1 is 1.06 bits per heavy atom. The predicted molar refractivity (Wildman–Crippen MR) is 69.7 cm³/mol. The normalized spacial score (nSPS) is 41.5. The lowest BCUT2D eigenvalue weighted by molar-refractivity contribution is -0.00969. The van der Waals surface area contributed by atoms with E-state index in [1.807, 2.05) is 0 Å². The minimum atomic E-state index is 0.878. The molecule has 0 saturated carbocycles. The number of nitrogens with zero attached hydrogens (tertiary/aromatic N) is 2. The van der Waals surface area contributed by atoms with Gasteiger partial charge in [0.25, 0.3) is 0 Å². The third kappa shape index (κ3) is 1.64. The molecule has 0 radical (unpaired) electrons. The molecule has 0 aromatic rings. The van der Waals surface area contributed by atoms with Gasteiger partial charge in [-0.2, -0.15) is 0 Å². The molecular formula is C15H24N2. The monoisotopic (exact) mass is 232 g/mol. The molecule has 0 aromatic carbocycles. The summed E-state index contributed by atoms with van der Waals surface area (Å²) in [5.41, 5.74) is 1.72. The SMILES string of the molecule is C1=C2C3CC(CN2CCC1)C1CCCCN1C3. The molecule has 94 valence electrons. The van der Waals surface area contributed by atoms with Crippen molar-refractivity contribution in [1.29, 1.82) is 0 Å². The molecule has 0 aromatic heterocycles. The molecule has 0 spiro atoms. The Kier molecular flexibility index (Phi) is 2.46. The molecule has 4 aliphatic heterocycles. The highest BCUT2D eigenvalue weighted by molar-refractivity contribution is 5.16. The summed E-state index contributed by atoms with van der Waals surface area (Å²) in [4.78, 5) is 5.56. The second kappa shape index (κ2) is 4.01. The molecule has 17 heavy (non-hydrogen) atoms. The molecule has 3 fully saturated rings. The summed E-state index contributed by atoms with van der Waals surface area (Å²) in [5.74, 6) is 1.85. The zero-order valence-corrected chi connectivity index (χ0v) is 10.8. The number of hydrogen-bond donors (Lipinski definition) is 0. The van der Waals surface area contributed by atoms with Crippen molar-refractivity contribution < 1.29 is 0 Å². The minimum Gasteiger partial charge on any atom is -0.374 e. The summed E-state index contributed by atoms with van der Waals surface area (Å²) in [7, 11) is 0. The Bertz CT molecular complexity index is 336. The lowest BCUT2D eigenvalue weighted by Crippen LogP contribution is -2.58. The van der Waals surface area contributed by atoms with Crippen LogP contribution >= 0.6 is 0 Å². The van der Waals surface area contributed by atoms with Crippen LogP contribution in [0.1, 0.15) is 38.5 Å². The van der Waals surface area contributed by atoms with Crippen molar-refractivity contribution >= 4 is 0 Å². The molecule has 2 nitrogen and oxygen atoms in total. The number of hydrogen-bond acceptors (Lipinski definition) is 2. The highest BCUT2D eigenvalue weighted by atomic mass is 15.2. The molecule has 3 saturated heterocycles. The second-order valence-electron chi connectivity index (χ2n) is 6.47. The third-order valence-corrected chi connectivity index (χ3v) is 5.47. The van der Waals surface area contributed by atoms with Crippen LogP contribution in [0.25, 0.3) is 0 Å². The van der Waals surface area contributed by atoms with Gasteiger partial charge in [0.1, 0.15) is 0 Å². The molecule has 2 bridgehead atoms. The molecule has 4 heterocycles. The summed E-state index contributed by atoms with van der Waals surface area (Å²) in [6, 6.07) is 0.934. The molecule has 0 N–H and O–H groups in total. The van der Waals surface area contributed by atoms with Crippen LogP contribution in [0.2, 0.25) is 0 Å². The fourth-order valence-electron chi connectivity index (χ4n) is 4.76. The molecule has 2 heteroatoms. The van der Waals surface area contributed by atoms with Gasteiger partial charge in [-0.25, -0.2) is 0 Å². The first-order chi connectivity index (χ1) is 8.42. The van der Waals surface area contributed by atoms with Crippen molar-refractivity contribution in [1.82, 2.24) is 9.80 Å². The quantitative estimate of drug-likeness (QED) is 0.633. The standard InChI is InChI=1S/C15H24N2/c1-3-7-16-11-13-9-12(14(16)5-1)10-17-8-4-2-6-15(13)17/h5,12-13,15H,1-4,6-11H2. The highest BCUT2D eigenvalue weighted by Gasteiger charge is 2.43.